The number of benzene rings is 1. The van der Waals surface area contributed by atoms with Crippen molar-refractivity contribution in [1.82, 2.24) is 10.3 Å². The molecule has 0 bridgehead atoms. The molecule has 2 aromatic rings. The van der Waals surface area contributed by atoms with E-state index < -0.39 is 0 Å². The summed E-state index contributed by atoms with van der Waals surface area (Å²) in [5, 5.41) is 7.41. The summed E-state index contributed by atoms with van der Waals surface area (Å²) in [6.45, 7) is 5.45. The fraction of sp³-hybridized carbons (Fsp3) is 0.333. The molecule has 0 spiro atoms. The molecule has 1 heterocycles. The molecule has 1 aromatic heterocycles. The van der Waals surface area contributed by atoms with Crippen molar-refractivity contribution >= 4 is 34.8 Å². The van der Waals surface area contributed by atoms with Gasteiger partial charge in [-0.15, -0.1) is 0 Å². The molecule has 1 amide bonds. The summed E-state index contributed by atoms with van der Waals surface area (Å²) in [5.74, 6) is 0.262. The van der Waals surface area contributed by atoms with E-state index in [0.29, 0.717) is 34.7 Å². The quantitative estimate of drug-likeness (QED) is 0.762. The number of carbonyl (C=O) groups excluding carboxylic acids is 1. The Balaban J connectivity index is 1.84. The first-order chi connectivity index (χ1) is 11.5. The summed E-state index contributed by atoms with van der Waals surface area (Å²) in [5.41, 5.74) is 2.31. The number of hydrogen-bond acceptors (Lipinski definition) is 3. The van der Waals surface area contributed by atoms with E-state index in [1.807, 2.05) is 32.0 Å². The van der Waals surface area contributed by atoms with E-state index >= 15 is 0 Å². The summed E-state index contributed by atoms with van der Waals surface area (Å²) >= 11 is 12.0. The number of amides is 1. The van der Waals surface area contributed by atoms with Gasteiger partial charge in [0.1, 0.15) is 5.69 Å². The zero-order valence-electron chi connectivity index (χ0n) is 13.8. The van der Waals surface area contributed by atoms with Gasteiger partial charge in [-0.25, -0.2) is 4.98 Å². The summed E-state index contributed by atoms with van der Waals surface area (Å²) < 4.78 is 0. The Labute approximate surface area is 152 Å². The molecular weight excluding hydrogens is 345 g/mol. The number of hydrogen-bond donors (Lipinski definition) is 2. The van der Waals surface area contributed by atoms with Crippen LogP contribution in [-0.2, 0) is 6.42 Å². The molecule has 2 rings (SSSR count). The second-order valence-corrected chi connectivity index (χ2v) is 6.79. The first-order valence-electron chi connectivity index (χ1n) is 7.87. The molecule has 0 aliphatic heterocycles. The van der Waals surface area contributed by atoms with Crippen LogP contribution < -0.4 is 10.6 Å². The van der Waals surface area contributed by atoms with Crippen molar-refractivity contribution in [1.29, 1.82) is 0 Å². The lowest BCUT2D eigenvalue weighted by Gasteiger charge is -2.09. The molecular formula is C18H21Cl2N3O. The molecule has 128 valence electrons. The number of rotatable bonds is 7. The van der Waals surface area contributed by atoms with Gasteiger partial charge in [0.15, 0.2) is 0 Å². The molecule has 0 atom stereocenters. The van der Waals surface area contributed by atoms with Crippen LogP contribution in [-0.4, -0.2) is 24.0 Å². The van der Waals surface area contributed by atoms with E-state index in [-0.39, 0.29) is 5.91 Å². The number of anilines is 1. The van der Waals surface area contributed by atoms with Gasteiger partial charge in [-0.05, 0) is 42.2 Å². The Morgan fingerprint density at radius 3 is 2.62 bits per heavy atom. The van der Waals surface area contributed by atoms with Crippen molar-refractivity contribution in [3.05, 3.63) is 57.8 Å². The normalized spacial score (nSPS) is 10.7. The third-order valence-corrected chi connectivity index (χ3v) is 3.99. The van der Waals surface area contributed by atoms with Crippen LogP contribution >= 0.6 is 23.2 Å². The zero-order valence-corrected chi connectivity index (χ0v) is 15.3. The van der Waals surface area contributed by atoms with E-state index in [2.05, 4.69) is 15.6 Å². The van der Waals surface area contributed by atoms with Gasteiger partial charge < -0.3 is 10.6 Å². The number of halogens is 2. The summed E-state index contributed by atoms with van der Waals surface area (Å²) in [7, 11) is 0. The van der Waals surface area contributed by atoms with Crippen LogP contribution in [0.1, 0.15) is 29.9 Å². The van der Waals surface area contributed by atoms with Crippen LogP contribution in [0.25, 0.3) is 0 Å². The first-order valence-corrected chi connectivity index (χ1v) is 8.63. The topological polar surface area (TPSA) is 54.0 Å². The average molecular weight is 366 g/mol. The van der Waals surface area contributed by atoms with Crippen molar-refractivity contribution in [3.8, 4) is 0 Å². The van der Waals surface area contributed by atoms with Crippen LogP contribution in [0.4, 0.5) is 5.69 Å². The first kappa shape index (κ1) is 18.6. The highest BCUT2D eigenvalue weighted by Gasteiger charge is 2.07. The predicted molar refractivity (Wildman–Crippen MR) is 100 cm³/mol. The minimum absolute atomic E-state index is 0.150. The van der Waals surface area contributed by atoms with E-state index in [4.69, 9.17) is 23.2 Å². The molecule has 4 nitrogen and oxygen atoms in total. The molecule has 0 unspecified atom stereocenters. The maximum absolute atomic E-state index is 11.9. The smallest absolute Gasteiger partial charge is 0.269 e. The van der Waals surface area contributed by atoms with Crippen LogP contribution in [0.3, 0.4) is 0 Å². The zero-order chi connectivity index (χ0) is 17.5. The summed E-state index contributed by atoms with van der Waals surface area (Å²) in [4.78, 5) is 16.1. The highest BCUT2D eigenvalue weighted by atomic mass is 35.5. The standard InChI is InChI=1S/C18H21Cl2N3O/c1-12(2)10-23-18(24)17-6-5-15(11-22-17)21-8-7-13-3-4-14(19)9-16(13)20/h3-6,9,11-12,21H,7-8,10H2,1-2H3,(H,23,24). The Hall–Kier alpha value is -1.78. The van der Waals surface area contributed by atoms with Gasteiger partial charge in [0.2, 0.25) is 0 Å². The van der Waals surface area contributed by atoms with E-state index in [9.17, 15) is 4.79 Å². The molecule has 0 radical (unpaired) electrons. The largest absolute Gasteiger partial charge is 0.383 e. The lowest BCUT2D eigenvalue weighted by Crippen LogP contribution is -2.28. The average Bonchev–Trinajstić information content (AvgIpc) is 2.55. The van der Waals surface area contributed by atoms with Gasteiger partial charge >= 0.3 is 0 Å². The molecule has 0 aliphatic rings. The predicted octanol–water partition coefficient (Wildman–Crippen LogP) is 4.43. The van der Waals surface area contributed by atoms with Crippen molar-refractivity contribution in [2.45, 2.75) is 20.3 Å². The van der Waals surface area contributed by atoms with Crippen LogP contribution in [0.2, 0.25) is 10.0 Å². The van der Waals surface area contributed by atoms with Crippen LogP contribution in [0, 0.1) is 5.92 Å². The Kier molecular flexibility index (Phi) is 6.88. The Morgan fingerprint density at radius 2 is 2.00 bits per heavy atom. The molecule has 0 saturated carbocycles. The van der Waals surface area contributed by atoms with Gasteiger partial charge in [-0.3, -0.25) is 4.79 Å². The van der Waals surface area contributed by atoms with Crippen molar-refractivity contribution in [2.24, 2.45) is 5.92 Å². The number of pyridine rings is 1. The second-order valence-electron chi connectivity index (χ2n) is 5.95. The minimum Gasteiger partial charge on any atom is -0.383 e. The van der Waals surface area contributed by atoms with Crippen molar-refractivity contribution < 1.29 is 4.79 Å². The van der Waals surface area contributed by atoms with Crippen LogP contribution in [0.5, 0.6) is 0 Å². The molecule has 0 aliphatic carbocycles. The highest BCUT2D eigenvalue weighted by molar-refractivity contribution is 6.35. The maximum atomic E-state index is 11.9. The van der Waals surface area contributed by atoms with Gasteiger partial charge in [0.25, 0.3) is 5.91 Å². The third-order valence-electron chi connectivity index (χ3n) is 3.41. The second kappa shape index (κ2) is 8.90. The molecule has 0 fully saturated rings. The Bertz CT molecular complexity index is 687. The van der Waals surface area contributed by atoms with E-state index in [0.717, 1.165) is 17.7 Å². The summed E-state index contributed by atoms with van der Waals surface area (Å²) in [6.07, 6.45) is 2.43. The molecule has 24 heavy (non-hydrogen) atoms. The molecule has 2 N–H and O–H groups in total. The van der Waals surface area contributed by atoms with Gasteiger partial charge in [-0.1, -0.05) is 43.1 Å². The van der Waals surface area contributed by atoms with E-state index in [1.165, 1.54) is 0 Å². The van der Waals surface area contributed by atoms with Gasteiger partial charge in [0, 0.05) is 23.1 Å². The van der Waals surface area contributed by atoms with Crippen LogP contribution in [0.15, 0.2) is 36.5 Å². The third kappa shape index (κ3) is 5.69. The fourth-order valence-electron chi connectivity index (χ4n) is 2.09. The fourth-order valence-corrected chi connectivity index (χ4v) is 2.59. The molecule has 0 saturated heterocycles. The van der Waals surface area contributed by atoms with Gasteiger partial charge in [-0.2, -0.15) is 0 Å². The Morgan fingerprint density at radius 1 is 1.21 bits per heavy atom. The maximum Gasteiger partial charge on any atom is 0.269 e. The minimum atomic E-state index is -0.150. The van der Waals surface area contributed by atoms with E-state index in [1.54, 1.807) is 18.3 Å². The van der Waals surface area contributed by atoms with Crippen molar-refractivity contribution in [2.75, 3.05) is 18.4 Å². The number of nitrogens with one attached hydrogen (secondary N) is 2. The molecule has 1 aromatic carbocycles. The lowest BCUT2D eigenvalue weighted by atomic mass is 10.1. The highest BCUT2D eigenvalue weighted by Crippen LogP contribution is 2.21. The SMILES string of the molecule is CC(C)CNC(=O)c1ccc(NCCc2ccc(Cl)cc2Cl)cn1. The number of nitrogens with zero attached hydrogens (tertiary/aromatic N) is 1. The number of aromatic nitrogens is 1. The number of carbonyl (C=O) groups is 1. The monoisotopic (exact) mass is 365 g/mol. The summed E-state index contributed by atoms with van der Waals surface area (Å²) in [6, 6.07) is 9.06. The lowest BCUT2D eigenvalue weighted by molar-refractivity contribution is 0.0944. The van der Waals surface area contributed by atoms with Crippen molar-refractivity contribution in [3.63, 3.8) is 0 Å². The van der Waals surface area contributed by atoms with Gasteiger partial charge in [0.05, 0.1) is 11.9 Å². The molecule has 6 heteroatoms.